The first-order valence-corrected chi connectivity index (χ1v) is 5.75. The molecule has 0 aliphatic rings. The number of hydrogen-bond donors (Lipinski definition) is 2. The first kappa shape index (κ1) is 13.1. The second kappa shape index (κ2) is 5.51. The van der Waals surface area contributed by atoms with Crippen LogP contribution in [-0.4, -0.2) is 24.1 Å². The topological polar surface area (TPSA) is 59.1 Å². The molecule has 2 aromatic rings. The van der Waals surface area contributed by atoms with E-state index in [9.17, 15) is 4.39 Å². The molecule has 0 unspecified atom stereocenters. The van der Waals surface area contributed by atoms with Gasteiger partial charge in [-0.25, -0.2) is 14.4 Å². The Balaban J connectivity index is 2.31. The maximum atomic E-state index is 13.3. The summed E-state index contributed by atoms with van der Waals surface area (Å²) in [5.41, 5.74) is 1.58. The smallest absolute Gasteiger partial charge is 0.165 e. The summed E-state index contributed by atoms with van der Waals surface area (Å²) < 4.78 is 18.3. The Morgan fingerprint density at radius 3 is 2.63 bits per heavy atom. The van der Waals surface area contributed by atoms with Crippen molar-refractivity contribution < 1.29 is 9.13 Å². The lowest BCUT2D eigenvalue weighted by Crippen LogP contribution is -2.02. The van der Waals surface area contributed by atoms with Gasteiger partial charge >= 0.3 is 0 Å². The van der Waals surface area contributed by atoms with E-state index in [4.69, 9.17) is 4.74 Å². The third-order valence-corrected chi connectivity index (χ3v) is 2.73. The normalized spacial score (nSPS) is 10.1. The molecule has 0 spiro atoms. The predicted molar refractivity (Wildman–Crippen MR) is 72.6 cm³/mol. The second-order valence-corrected chi connectivity index (χ2v) is 3.92. The van der Waals surface area contributed by atoms with Crippen molar-refractivity contribution in [3.05, 3.63) is 35.9 Å². The van der Waals surface area contributed by atoms with E-state index >= 15 is 0 Å². The summed E-state index contributed by atoms with van der Waals surface area (Å²) >= 11 is 0. The maximum absolute atomic E-state index is 13.3. The molecule has 19 heavy (non-hydrogen) atoms. The highest BCUT2D eigenvalue weighted by Gasteiger charge is 2.08. The number of halogens is 1. The van der Waals surface area contributed by atoms with Gasteiger partial charge in [-0.2, -0.15) is 0 Å². The van der Waals surface area contributed by atoms with Crippen molar-refractivity contribution in [3.63, 3.8) is 0 Å². The van der Waals surface area contributed by atoms with Crippen molar-refractivity contribution in [1.82, 2.24) is 9.97 Å². The molecule has 6 heteroatoms. The van der Waals surface area contributed by atoms with E-state index in [1.165, 1.54) is 19.5 Å². The van der Waals surface area contributed by atoms with Crippen LogP contribution >= 0.6 is 0 Å². The fourth-order valence-corrected chi connectivity index (χ4v) is 1.70. The Bertz CT molecular complexity index is 589. The van der Waals surface area contributed by atoms with Crippen LogP contribution in [0.4, 0.5) is 21.7 Å². The Morgan fingerprint density at radius 2 is 1.95 bits per heavy atom. The van der Waals surface area contributed by atoms with Crippen LogP contribution in [0.25, 0.3) is 0 Å². The Kier molecular flexibility index (Phi) is 3.79. The average molecular weight is 262 g/mol. The van der Waals surface area contributed by atoms with Crippen molar-refractivity contribution in [2.75, 3.05) is 24.8 Å². The van der Waals surface area contributed by atoms with E-state index in [1.807, 2.05) is 6.92 Å². The van der Waals surface area contributed by atoms with Crippen LogP contribution in [0, 0.1) is 12.7 Å². The molecule has 1 heterocycles. The number of anilines is 3. The molecule has 2 rings (SSSR count). The zero-order valence-electron chi connectivity index (χ0n) is 11.0. The van der Waals surface area contributed by atoms with Crippen molar-refractivity contribution >= 4 is 17.3 Å². The van der Waals surface area contributed by atoms with Gasteiger partial charge in [0.25, 0.3) is 0 Å². The Labute approximate surface area is 110 Å². The van der Waals surface area contributed by atoms with Gasteiger partial charge in [0.2, 0.25) is 0 Å². The summed E-state index contributed by atoms with van der Waals surface area (Å²) in [4.78, 5) is 8.26. The number of benzene rings is 1. The minimum atomic E-state index is -0.400. The van der Waals surface area contributed by atoms with Crippen LogP contribution in [0.3, 0.4) is 0 Å². The minimum absolute atomic E-state index is 0.186. The molecule has 100 valence electrons. The van der Waals surface area contributed by atoms with Gasteiger partial charge in [0, 0.05) is 24.4 Å². The molecule has 1 aromatic heterocycles. The van der Waals surface area contributed by atoms with Gasteiger partial charge in [-0.15, -0.1) is 0 Å². The summed E-state index contributed by atoms with van der Waals surface area (Å²) in [5, 5.41) is 6.09. The van der Waals surface area contributed by atoms with Crippen LogP contribution in [0.1, 0.15) is 5.56 Å². The molecule has 0 aliphatic carbocycles. The summed E-state index contributed by atoms with van der Waals surface area (Å²) in [6.07, 6.45) is 1.46. The van der Waals surface area contributed by atoms with Gasteiger partial charge < -0.3 is 15.4 Å². The number of nitrogens with one attached hydrogen (secondary N) is 2. The standard InChI is InChI=1S/C13H15FN4O/c1-8-12(15-2)16-7-17-13(8)18-9-4-5-10(14)11(6-9)19-3/h4-7H,1-3H3,(H2,15,16,17,18). The lowest BCUT2D eigenvalue weighted by Gasteiger charge is -2.12. The van der Waals surface area contributed by atoms with E-state index < -0.39 is 5.82 Å². The molecule has 0 bridgehead atoms. The highest BCUT2D eigenvalue weighted by Crippen LogP contribution is 2.26. The third kappa shape index (κ3) is 2.73. The first-order valence-electron chi connectivity index (χ1n) is 5.75. The first-order chi connectivity index (χ1) is 9.15. The predicted octanol–water partition coefficient (Wildman–Crippen LogP) is 2.72. The number of rotatable bonds is 4. The quantitative estimate of drug-likeness (QED) is 0.887. The van der Waals surface area contributed by atoms with Gasteiger partial charge in [-0.3, -0.25) is 0 Å². The Morgan fingerprint density at radius 1 is 1.21 bits per heavy atom. The van der Waals surface area contributed by atoms with Gasteiger partial charge in [-0.05, 0) is 19.1 Å². The monoisotopic (exact) mass is 262 g/mol. The van der Waals surface area contributed by atoms with Crippen LogP contribution in [0.15, 0.2) is 24.5 Å². The number of ether oxygens (including phenoxy) is 1. The number of aromatic nitrogens is 2. The molecule has 1 aromatic carbocycles. The molecule has 0 radical (unpaired) electrons. The van der Waals surface area contributed by atoms with Crippen LogP contribution in [0.5, 0.6) is 5.75 Å². The highest BCUT2D eigenvalue weighted by molar-refractivity contribution is 5.65. The van der Waals surface area contributed by atoms with Crippen molar-refractivity contribution in [2.45, 2.75) is 6.92 Å². The maximum Gasteiger partial charge on any atom is 0.165 e. The lowest BCUT2D eigenvalue weighted by atomic mass is 10.2. The molecule has 2 N–H and O–H groups in total. The summed E-state index contributed by atoms with van der Waals surface area (Å²) in [7, 11) is 3.22. The summed E-state index contributed by atoms with van der Waals surface area (Å²) in [6, 6.07) is 4.55. The highest BCUT2D eigenvalue weighted by atomic mass is 19.1. The SMILES string of the molecule is CNc1ncnc(Nc2ccc(F)c(OC)c2)c1C. The molecular formula is C13H15FN4O. The zero-order valence-corrected chi connectivity index (χ0v) is 11.0. The van der Waals surface area contributed by atoms with E-state index in [2.05, 4.69) is 20.6 Å². The fourth-order valence-electron chi connectivity index (χ4n) is 1.70. The van der Waals surface area contributed by atoms with Crippen LogP contribution in [-0.2, 0) is 0 Å². The van der Waals surface area contributed by atoms with Gasteiger partial charge in [0.15, 0.2) is 11.6 Å². The van der Waals surface area contributed by atoms with E-state index in [0.717, 1.165) is 11.4 Å². The fraction of sp³-hybridized carbons (Fsp3) is 0.231. The zero-order chi connectivity index (χ0) is 13.8. The number of methoxy groups -OCH3 is 1. The molecule has 0 aliphatic heterocycles. The van der Waals surface area contributed by atoms with Crippen molar-refractivity contribution in [3.8, 4) is 5.75 Å². The van der Waals surface area contributed by atoms with Gasteiger partial charge in [0.1, 0.15) is 18.0 Å². The van der Waals surface area contributed by atoms with E-state index in [1.54, 1.807) is 19.2 Å². The van der Waals surface area contributed by atoms with Crippen LogP contribution in [0.2, 0.25) is 0 Å². The van der Waals surface area contributed by atoms with Gasteiger partial charge in [-0.1, -0.05) is 0 Å². The number of hydrogen-bond acceptors (Lipinski definition) is 5. The molecule has 0 saturated carbocycles. The molecule has 0 saturated heterocycles. The second-order valence-electron chi connectivity index (χ2n) is 3.92. The molecule has 0 atom stereocenters. The minimum Gasteiger partial charge on any atom is -0.494 e. The Hall–Kier alpha value is -2.37. The number of nitrogens with zero attached hydrogens (tertiary/aromatic N) is 2. The molecule has 0 fully saturated rings. The van der Waals surface area contributed by atoms with Crippen molar-refractivity contribution in [1.29, 1.82) is 0 Å². The summed E-state index contributed by atoms with van der Waals surface area (Å²) in [6.45, 7) is 1.90. The van der Waals surface area contributed by atoms with E-state index in [0.29, 0.717) is 11.5 Å². The largest absolute Gasteiger partial charge is 0.494 e. The third-order valence-electron chi connectivity index (χ3n) is 2.73. The van der Waals surface area contributed by atoms with Crippen LogP contribution < -0.4 is 15.4 Å². The van der Waals surface area contributed by atoms with Gasteiger partial charge in [0.05, 0.1) is 7.11 Å². The van der Waals surface area contributed by atoms with Crippen molar-refractivity contribution in [2.24, 2.45) is 0 Å². The molecule has 0 amide bonds. The lowest BCUT2D eigenvalue weighted by molar-refractivity contribution is 0.387. The average Bonchev–Trinajstić information content (AvgIpc) is 2.43. The molecule has 5 nitrogen and oxygen atoms in total. The molecular weight excluding hydrogens is 247 g/mol. The van der Waals surface area contributed by atoms with E-state index in [-0.39, 0.29) is 5.75 Å². The summed E-state index contributed by atoms with van der Waals surface area (Å²) in [5.74, 6) is 1.19.